The van der Waals surface area contributed by atoms with Crippen LogP contribution in [0.15, 0.2) is 0 Å². The number of esters is 1. The summed E-state index contributed by atoms with van der Waals surface area (Å²) in [6.07, 6.45) is -11.6. The topological polar surface area (TPSA) is 55.8 Å². The van der Waals surface area contributed by atoms with Gasteiger partial charge in [-0.15, -0.1) is 0 Å². The molecule has 0 bridgehead atoms. The summed E-state index contributed by atoms with van der Waals surface area (Å²) in [7, 11) is 0. The molecule has 0 saturated carbocycles. The maximum absolute atomic E-state index is 14.0. The van der Waals surface area contributed by atoms with Crippen LogP contribution in [-0.4, -0.2) is 44.1 Å². The van der Waals surface area contributed by atoms with E-state index in [4.69, 9.17) is 5.11 Å². The quantitative estimate of drug-likeness (QED) is 0.299. The summed E-state index contributed by atoms with van der Waals surface area (Å²) < 4.78 is 98.9. The van der Waals surface area contributed by atoms with E-state index in [9.17, 15) is 35.5 Å². The molecular formula is C11H12F7IO4. The van der Waals surface area contributed by atoms with Gasteiger partial charge in [-0.25, -0.2) is 0 Å². The fraction of sp³-hybridized carbons (Fsp3) is 0.909. The van der Waals surface area contributed by atoms with E-state index in [1.54, 1.807) is 0 Å². The van der Waals surface area contributed by atoms with Crippen molar-refractivity contribution in [3.05, 3.63) is 0 Å². The summed E-state index contributed by atoms with van der Waals surface area (Å²) in [5.74, 6) is -12.8. The zero-order valence-corrected chi connectivity index (χ0v) is 14.1. The summed E-state index contributed by atoms with van der Waals surface area (Å²) in [6.45, 7) is 2.43. The number of rotatable bonds is 3. The lowest BCUT2D eigenvalue weighted by Gasteiger charge is -2.36. The van der Waals surface area contributed by atoms with Gasteiger partial charge in [0.25, 0.3) is 5.60 Å². The van der Waals surface area contributed by atoms with Gasteiger partial charge in [0.05, 0.1) is 0 Å². The summed E-state index contributed by atoms with van der Waals surface area (Å²) >= 11 is 1.42. The molecule has 1 aliphatic rings. The molecule has 136 valence electrons. The van der Waals surface area contributed by atoms with Crippen LogP contribution in [0.2, 0.25) is 0 Å². The van der Waals surface area contributed by atoms with Gasteiger partial charge in [-0.3, -0.25) is 9.53 Å². The highest BCUT2D eigenvalue weighted by atomic mass is 127. The van der Waals surface area contributed by atoms with E-state index in [0.29, 0.717) is 0 Å². The fourth-order valence-corrected chi connectivity index (χ4v) is 1.76. The summed E-state index contributed by atoms with van der Waals surface area (Å²) in [5, 5.41) is 9.03. The van der Waals surface area contributed by atoms with Crippen LogP contribution in [0.5, 0.6) is 0 Å². The fourth-order valence-electron chi connectivity index (χ4n) is 1.65. The Hall–Kier alpha value is -0.370. The first-order valence-electron chi connectivity index (χ1n) is 6.07. The maximum Gasteiger partial charge on any atom is 0.450 e. The summed E-state index contributed by atoms with van der Waals surface area (Å²) in [6, 6.07) is 0. The highest BCUT2D eigenvalue weighted by molar-refractivity contribution is 14.1. The van der Waals surface area contributed by atoms with Crippen molar-refractivity contribution in [1.29, 1.82) is 0 Å². The van der Waals surface area contributed by atoms with Gasteiger partial charge in [-0.2, -0.15) is 30.7 Å². The monoisotopic (exact) mass is 468 g/mol. The number of carbonyl (C=O) groups excluding carboxylic acids is 1. The number of aliphatic hydroxyl groups is 1. The molecule has 3 atom stereocenters. The van der Waals surface area contributed by atoms with Gasteiger partial charge in [0.15, 0.2) is 0 Å². The molecule has 1 rings (SSSR count). The van der Waals surface area contributed by atoms with Crippen LogP contribution in [-0.2, 0) is 14.3 Å². The molecule has 0 radical (unpaired) electrons. The standard InChI is InChI=1S/C11H12F7IO4/c1-4-6(2,19)5(20)22-7(3)8(12,13)9(21,10(14,15)16)23-11(7,17)18/h21H,4H2,1-3H3. The Balaban J connectivity index is 3.42. The molecule has 3 unspecified atom stereocenters. The van der Waals surface area contributed by atoms with E-state index in [1.807, 2.05) is 0 Å². The normalized spacial score (nSPS) is 35.7. The van der Waals surface area contributed by atoms with E-state index < -0.39 is 39.0 Å². The van der Waals surface area contributed by atoms with Crippen molar-refractivity contribution in [2.75, 3.05) is 0 Å². The maximum atomic E-state index is 14.0. The second-order valence-corrected chi connectivity index (χ2v) is 7.69. The van der Waals surface area contributed by atoms with Gasteiger partial charge >= 0.3 is 30.0 Å². The van der Waals surface area contributed by atoms with Crippen molar-refractivity contribution in [2.24, 2.45) is 0 Å². The first-order valence-corrected chi connectivity index (χ1v) is 7.15. The van der Waals surface area contributed by atoms with Gasteiger partial charge < -0.3 is 9.84 Å². The zero-order valence-electron chi connectivity index (χ0n) is 11.9. The van der Waals surface area contributed by atoms with E-state index in [-0.39, 0.29) is 13.3 Å². The number of halogens is 8. The molecule has 1 aliphatic heterocycles. The van der Waals surface area contributed by atoms with Gasteiger partial charge in [-0.05, 0) is 20.3 Å². The molecular weight excluding hydrogens is 456 g/mol. The first-order chi connectivity index (χ1) is 9.90. The highest BCUT2D eigenvalue weighted by Crippen LogP contribution is 2.62. The zero-order chi connectivity index (χ0) is 18.7. The van der Waals surface area contributed by atoms with Crippen molar-refractivity contribution in [3.63, 3.8) is 0 Å². The van der Waals surface area contributed by atoms with Crippen LogP contribution in [0.1, 0.15) is 27.2 Å². The molecule has 1 heterocycles. The lowest BCUT2D eigenvalue weighted by molar-refractivity contribution is -0.433. The van der Waals surface area contributed by atoms with Crippen molar-refractivity contribution in [2.45, 2.75) is 60.2 Å². The number of hydrogen-bond acceptors (Lipinski definition) is 4. The van der Waals surface area contributed by atoms with Gasteiger partial charge in [0.1, 0.15) is 3.42 Å². The molecule has 0 amide bonds. The lowest BCUT2D eigenvalue weighted by atomic mass is 9.92. The summed E-state index contributed by atoms with van der Waals surface area (Å²) in [5.41, 5.74) is -4.36. The average molecular weight is 468 g/mol. The Bertz CT molecular complexity index is 507. The Labute approximate surface area is 139 Å². The molecule has 0 spiro atoms. The molecule has 1 N–H and O–H groups in total. The van der Waals surface area contributed by atoms with Crippen LogP contribution in [0, 0.1) is 0 Å². The van der Waals surface area contributed by atoms with Crippen molar-refractivity contribution < 1.29 is 50.1 Å². The molecule has 0 aromatic heterocycles. The summed E-state index contributed by atoms with van der Waals surface area (Å²) in [4.78, 5) is 11.8. The van der Waals surface area contributed by atoms with Crippen molar-refractivity contribution in [3.8, 4) is 0 Å². The van der Waals surface area contributed by atoms with Crippen molar-refractivity contribution in [1.82, 2.24) is 0 Å². The predicted octanol–water partition coefficient (Wildman–Crippen LogP) is 3.40. The number of alkyl halides is 8. The Morgan fingerprint density at radius 3 is 2.00 bits per heavy atom. The average Bonchev–Trinajstić information content (AvgIpc) is 2.45. The van der Waals surface area contributed by atoms with E-state index in [2.05, 4.69) is 9.47 Å². The number of hydrogen-bond donors (Lipinski definition) is 1. The molecule has 0 aromatic rings. The van der Waals surface area contributed by atoms with Crippen LogP contribution in [0.3, 0.4) is 0 Å². The third-order valence-corrected chi connectivity index (χ3v) is 4.83. The predicted molar refractivity (Wildman–Crippen MR) is 69.2 cm³/mol. The molecule has 4 nitrogen and oxygen atoms in total. The smallest absolute Gasteiger partial charge is 0.442 e. The lowest BCUT2D eigenvalue weighted by Crippen LogP contribution is -2.65. The van der Waals surface area contributed by atoms with Gasteiger partial charge in [0, 0.05) is 0 Å². The third kappa shape index (κ3) is 2.69. The Morgan fingerprint density at radius 1 is 1.26 bits per heavy atom. The van der Waals surface area contributed by atoms with E-state index in [1.165, 1.54) is 29.5 Å². The number of ether oxygens (including phenoxy) is 2. The van der Waals surface area contributed by atoms with Gasteiger partial charge in [0.2, 0.25) is 0 Å². The largest absolute Gasteiger partial charge is 0.450 e. The molecule has 0 aliphatic carbocycles. The SMILES string of the molecule is CCC(C)(I)C(=O)OC1(C)C(F)(F)OC(O)(C(F)(F)F)C1(F)F. The minimum absolute atomic E-state index is 0.0377. The molecule has 23 heavy (non-hydrogen) atoms. The van der Waals surface area contributed by atoms with Crippen molar-refractivity contribution >= 4 is 28.6 Å². The first kappa shape index (κ1) is 20.7. The Kier molecular flexibility index (Phi) is 4.77. The van der Waals surface area contributed by atoms with E-state index in [0.717, 1.165) is 6.92 Å². The third-order valence-electron chi connectivity index (χ3n) is 3.63. The van der Waals surface area contributed by atoms with Crippen LogP contribution >= 0.6 is 22.6 Å². The molecule has 0 aromatic carbocycles. The van der Waals surface area contributed by atoms with Crippen LogP contribution in [0.25, 0.3) is 0 Å². The van der Waals surface area contributed by atoms with Gasteiger partial charge in [-0.1, -0.05) is 29.5 Å². The molecule has 1 fully saturated rings. The van der Waals surface area contributed by atoms with E-state index >= 15 is 0 Å². The number of carbonyl (C=O) groups is 1. The molecule has 1 saturated heterocycles. The van der Waals surface area contributed by atoms with Crippen LogP contribution < -0.4 is 0 Å². The second kappa shape index (κ2) is 5.31. The Morgan fingerprint density at radius 2 is 1.70 bits per heavy atom. The van der Waals surface area contributed by atoms with Crippen LogP contribution in [0.4, 0.5) is 30.7 Å². The second-order valence-electron chi connectivity index (χ2n) is 5.31. The molecule has 12 heteroatoms. The minimum atomic E-state index is -6.26. The highest BCUT2D eigenvalue weighted by Gasteiger charge is 2.92. The minimum Gasteiger partial charge on any atom is -0.442 e.